The third-order valence-corrected chi connectivity index (χ3v) is 3.83. The molecular formula is C15H22N2O2. The second-order valence-corrected chi connectivity index (χ2v) is 5.86. The van der Waals surface area contributed by atoms with E-state index < -0.39 is 5.91 Å². The number of rotatable bonds is 5. The summed E-state index contributed by atoms with van der Waals surface area (Å²) in [5, 5.41) is 3.58. The van der Waals surface area contributed by atoms with E-state index in [0.717, 1.165) is 5.69 Å². The number of primary amides is 1. The van der Waals surface area contributed by atoms with Gasteiger partial charge in [0.15, 0.2) is 6.61 Å². The molecule has 1 aliphatic carbocycles. The Balaban J connectivity index is 1.93. The summed E-state index contributed by atoms with van der Waals surface area (Å²) in [6, 6.07) is 8.18. The SMILES string of the molecule is CC1(C)CCCC1Nc1ccc(OCC(N)=O)cc1. The number of nitrogens with two attached hydrogens (primary N) is 1. The van der Waals surface area contributed by atoms with Crippen LogP contribution in [0.4, 0.5) is 5.69 Å². The molecule has 0 radical (unpaired) electrons. The van der Waals surface area contributed by atoms with E-state index in [1.54, 1.807) is 0 Å². The summed E-state index contributed by atoms with van der Waals surface area (Å²) in [6.45, 7) is 4.53. The Kier molecular flexibility index (Phi) is 3.98. The van der Waals surface area contributed by atoms with Crippen molar-refractivity contribution in [3.63, 3.8) is 0 Å². The number of anilines is 1. The van der Waals surface area contributed by atoms with Gasteiger partial charge < -0.3 is 15.8 Å². The topological polar surface area (TPSA) is 64.3 Å². The molecule has 1 atom stereocenters. The molecule has 1 fully saturated rings. The Labute approximate surface area is 114 Å². The molecule has 1 aliphatic rings. The Bertz CT molecular complexity index is 440. The number of amides is 1. The first kappa shape index (κ1) is 13.7. The normalized spacial score (nSPS) is 21.1. The molecule has 0 aliphatic heterocycles. The summed E-state index contributed by atoms with van der Waals surface area (Å²) in [5.41, 5.74) is 6.47. The summed E-state index contributed by atoms with van der Waals surface area (Å²) in [7, 11) is 0. The van der Waals surface area contributed by atoms with Crippen LogP contribution in [0.1, 0.15) is 33.1 Å². The minimum atomic E-state index is -0.463. The molecule has 1 aromatic carbocycles. The lowest BCUT2D eigenvalue weighted by Gasteiger charge is -2.28. The highest BCUT2D eigenvalue weighted by Gasteiger charge is 2.34. The quantitative estimate of drug-likeness (QED) is 0.857. The van der Waals surface area contributed by atoms with Crippen LogP contribution in [0.25, 0.3) is 0 Å². The summed E-state index contributed by atoms with van der Waals surface area (Å²) >= 11 is 0. The van der Waals surface area contributed by atoms with E-state index in [0.29, 0.717) is 17.2 Å². The third kappa shape index (κ3) is 3.63. The lowest BCUT2D eigenvalue weighted by Crippen LogP contribution is -2.30. The number of benzene rings is 1. The fourth-order valence-electron chi connectivity index (χ4n) is 2.60. The molecule has 19 heavy (non-hydrogen) atoms. The van der Waals surface area contributed by atoms with E-state index in [4.69, 9.17) is 10.5 Å². The van der Waals surface area contributed by atoms with Crippen molar-refractivity contribution in [1.82, 2.24) is 0 Å². The third-order valence-electron chi connectivity index (χ3n) is 3.83. The van der Waals surface area contributed by atoms with Gasteiger partial charge >= 0.3 is 0 Å². The molecule has 0 bridgehead atoms. The zero-order valence-electron chi connectivity index (χ0n) is 11.6. The summed E-state index contributed by atoms with van der Waals surface area (Å²) < 4.78 is 5.23. The van der Waals surface area contributed by atoms with Crippen molar-refractivity contribution in [2.75, 3.05) is 11.9 Å². The molecule has 0 heterocycles. The molecule has 4 nitrogen and oxygen atoms in total. The van der Waals surface area contributed by atoms with Gasteiger partial charge in [0, 0.05) is 11.7 Å². The van der Waals surface area contributed by atoms with Crippen LogP contribution >= 0.6 is 0 Å². The van der Waals surface area contributed by atoms with Gasteiger partial charge in [0.25, 0.3) is 5.91 Å². The second-order valence-electron chi connectivity index (χ2n) is 5.86. The zero-order chi connectivity index (χ0) is 13.9. The zero-order valence-corrected chi connectivity index (χ0v) is 11.6. The van der Waals surface area contributed by atoms with E-state index in [2.05, 4.69) is 19.2 Å². The van der Waals surface area contributed by atoms with Gasteiger partial charge in [-0.2, -0.15) is 0 Å². The van der Waals surface area contributed by atoms with Crippen LogP contribution < -0.4 is 15.8 Å². The Morgan fingerprint density at radius 3 is 2.63 bits per heavy atom. The minimum Gasteiger partial charge on any atom is -0.484 e. The maximum absolute atomic E-state index is 10.6. The second kappa shape index (κ2) is 5.51. The first-order valence-electron chi connectivity index (χ1n) is 6.75. The van der Waals surface area contributed by atoms with Crippen molar-refractivity contribution in [2.24, 2.45) is 11.1 Å². The van der Waals surface area contributed by atoms with Crippen LogP contribution in [0.5, 0.6) is 5.75 Å². The average Bonchev–Trinajstić information content (AvgIpc) is 2.68. The van der Waals surface area contributed by atoms with E-state index >= 15 is 0 Å². The molecule has 1 amide bonds. The number of carbonyl (C=O) groups excluding carboxylic acids is 1. The molecule has 0 spiro atoms. The first-order valence-corrected chi connectivity index (χ1v) is 6.75. The lowest BCUT2D eigenvalue weighted by atomic mass is 9.87. The van der Waals surface area contributed by atoms with Gasteiger partial charge in [0.1, 0.15) is 5.75 Å². The predicted octanol–water partition coefficient (Wildman–Crippen LogP) is 2.54. The highest BCUT2D eigenvalue weighted by Crippen LogP contribution is 2.39. The summed E-state index contributed by atoms with van der Waals surface area (Å²) in [5.74, 6) is 0.199. The molecule has 1 saturated carbocycles. The predicted molar refractivity (Wildman–Crippen MR) is 76.2 cm³/mol. The molecule has 2 rings (SSSR count). The fraction of sp³-hybridized carbons (Fsp3) is 0.533. The van der Waals surface area contributed by atoms with Gasteiger partial charge in [-0.05, 0) is 42.5 Å². The van der Waals surface area contributed by atoms with Gasteiger partial charge in [-0.1, -0.05) is 20.3 Å². The summed E-state index contributed by atoms with van der Waals surface area (Å²) in [6.07, 6.45) is 3.77. The number of hydrogen-bond acceptors (Lipinski definition) is 3. The van der Waals surface area contributed by atoms with Crippen LogP contribution in [0.2, 0.25) is 0 Å². The molecule has 0 aromatic heterocycles. The molecule has 0 saturated heterocycles. The first-order chi connectivity index (χ1) is 8.97. The number of hydrogen-bond donors (Lipinski definition) is 2. The molecular weight excluding hydrogens is 240 g/mol. The van der Waals surface area contributed by atoms with Crippen LogP contribution in [0.15, 0.2) is 24.3 Å². The standard InChI is InChI=1S/C15H22N2O2/c1-15(2)9-3-4-13(15)17-11-5-7-12(8-6-11)19-10-14(16)18/h5-8,13,17H,3-4,9-10H2,1-2H3,(H2,16,18). The van der Waals surface area contributed by atoms with Gasteiger partial charge in [-0.3, -0.25) is 4.79 Å². The van der Waals surface area contributed by atoms with E-state index in [1.807, 2.05) is 24.3 Å². The number of nitrogens with one attached hydrogen (secondary N) is 1. The Morgan fingerprint density at radius 1 is 1.42 bits per heavy atom. The van der Waals surface area contributed by atoms with Crippen LogP contribution in [0, 0.1) is 5.41 Å². The maximum Gasteiger partial charge on any atom is 0.255 e. The van der Waals surface area contributed by atoms with E-state index in [-0.39, 0.29) is 6.61 Å². The molecule has 4 heteroatoms. The Morgan fingerprint density at radius 2 is 2.11 bits per heavy atom. The Hall–Kier alpha value is -1.71. The van der Waals surface area contributed by atoms with Gasteiger partial charge in [0.2, 0.25) is 0 Å². The van der Waals surface area contributed by atoms with E-state index in [1.165, 1.54) is 19.3 Å². The summed E-state index contributed by atoms with van der Waals surface area (Å²) in [4.78, 5) is 10.6. The van der Waals surface area contributed by atoms with Crippen molar-refractivity contribution < 1.29 is 9.53 Å². The van der Waals surface area contributed by atoms with Crippen LogP contribution in [-0.2, 0) is 4.79 Å². The largest absolute Gasteiger partial charge is 0.484 e. The van der Waals surface area contributed by atoms with Crippen molar-refractivity contribution in [1.29, 1.82) is 0 Å². The van der Waals surface area contributed by atoms with Crippen molar-refractivity contribution >= 4 is 11.6 Å². The molecule has 104 valence electrons. The van der Waals surface area contributed by atoms with Gasteiger partial charge in [-0.25, -0.2) is 0 Å². The van der Waals surface area contributed by atoms with Crippen molar-refractivity contribution in [3.05, 3.63) is 24.3 Å². The molecule has 1 aromatic rings. The molecule has 3 N–H and O–H groups in total. The minimum absolute atomic E-state index is 0.0809. The van der Waals surface area contributed by atoms with Gasteiger partial charge in [0.05, 0.1) is 0 Å². The van der Waals surface area contributed by atoms with Crippen molar-refractivity contribution in [2.45, 2.75) is 39.2 Å². The smallest absolute Gasteiger partial charge is 0.255 e. The maximum atomic E-state index is 10.6. The highest BCUT2D eigenvalue weighted by atomic mass is 16.5. The van der Waals surface area contributed by atoms with Crippen LogP contribution in [-0.4, -0.2) is 18.6 Å². The lowest BCUT2D eigenvalue weighted by molar-refractivity contribution is -0.119. The van der Waals surface area contributed by atoms with Crippen LogP contribution in [0.3, 0.4) is 0 Å². The number of carbonyl (C=O) groups is 1. The monoisotopic (exact) mass is 262 g/mol. The number of ether oxygens (including phenoxy) is 1. The van der Waals surface area contributed by atoms with E-state index in [9.17, 15) is 4.79 Å². The highest BCUT2D eigenvalue weighted by molar-refractivity contribution is 5.75. The molecule has 1 unspecified atom stereocenters. The fourth-order valence-corrected chi connectivity index (χ4v) is 2.60. The average molecular weight is 262 g/mol. The van der Waals surface area contributed by atoms with Crippen molar-refractivity contribution in [3.8, 4) is 5.75 Å². The van der Waals surface area contributed by atoms with Gasteiger partial charge in [-0.15, -0.1) is 0 Å².